The first-order valence-corrected chi connectivity index (χ1v) is 9.70. The van der Waals surface area contributed by atoms with Crippen LogP contribution in [0, 0.1) is 0 Å². The molecule has 0 saturated heterocycles. The van der Waals surface area contributed by atoms with Gasteiger partial charge in [-0.1, -0.05) is 59.6 Å². The molecule has 1 aliphatic heterocycles. The third-order valence-electron chi connectivity index (χ3n) is 4.03. The Morgan fingerprint density at radius 3 is 1.89 bits per heavy atom. The van der Waals surface area contributed by atoms with E-state index in [4.69, 9.17) is 23.2 Å². The molecule has 4 nitrogen and oxygen atoms in total. The molecule has 1 aliphatic rings. The van der Waals surface area contributed by atoms with Gasteiger partial charge >= 0.3 is 0 Å². The first-order chi connectivity index (χ1) is 13.4. The number of rotatable bonds is 5. The number of guanidine groups is 1. The molecule has 0 atom stereocenters. The van der Waals surface area contributed by atoms with Gasteiger partial charge in [0.1, 0.15) is 0 Å². The third-order valence-corrected chi connectivity index (χ3v) is 4.53. The van der Waals surface area contributed by atoms with Gasteiger partial charge in [0.2, 0.25) is 5.96 Å². The zero-order chi connectivity index (χ0) is 20.0. The van der Waals surface area contributed by atoms with E-state index in [1.54, 1.807) is 0 Å². The summed E-state index contributed by atoms with van der Waals surface area (Å²) in [6, 6.07) is 15.3. The molecule has 1 heterocycles. The van der Waals surface area contributed by atoms with Crippen molar-refractivity contribution in [2.75, 3.05) is 6.54 Å². The van der Waals surface area contributed by atoms with Crippen molar-refractivity contribution < 1.29 is 0 Å². The lowest BCUT2D eigenvalue weighted by atomic mass is 10.1. The van der Waals surface area contributed by atoms with Gasteiger partial charge in [-0.2, -0.15) is 5.10 Å². The van der Waals surface area contributed by atoms with E-state index in [0.29, 0.717) is 16.0 Å². The summed E-state index contributed by atoms with van der Waals surface area (Å²) < 4.78 is 0. The molecule has 2 aromatic carbocycles. The highest BCUT2D eigenvalue weighted by Gasteiger charge is 2.23. The zero-order valence-corrected chi connectivity index (χ0v) is 17.3. The van der Waals surface area contributed by atoms with E-state index in [2.05, 4.69) is 34.7 Å². The SMILES string of the molecule is CC1(C)CNC(NN=C(C=Cc2ccc(Cl)cc2)C=Cc2ccc(Cl)cc2)=N1. The molecule has 28 heavy (non-hydrogen) atoms. The van der Waals surface area contributed by atoms with Crippen molar-refractivity contribution in [3.8, 4) is 0 Å². The van der Waals surface area contributed by atoms with E-state index < -0.39 is 0 Å². The maximum atomic E-state index is 5.95. The molecule has 0 radical (unpaired) electrons. The Kier molecular flexibility index (Phi) is 6.55. The molecule has 3 rings (SSSR count). The van der Waals surface area contributed by atoms with Crippen LogP contribution >= 0.6 is 23.2 Å². The van der Waals surface area contributed by atoms with Crippen molar-refractivity contribution in [1.82, 2.24) is 10.7 Å². The third kappa shape index (κ3) is 6.25. The van der Waals surface area contributed by atoms with E-state index in [-0.39, 0.29) is 5.54 Å². The van der Waals surface area contributed by atoms with E-state index in [1.807, 2.05) is 72.8 Å². The van der Waals surface area contributed by atoms with Crippen LogP contribution in [0.4, 0.5) is 0 Å². The molecule has 0 unspecified atom stereocenters. The maximum Gasteiger partial charge on any atom is 0.212 e. The molecule has 2 N–H and O–H groups in total. The molecule has 0 aliphatic carbocycles. The highest BCUT2D eigenvalue weighted by molar-refractivity contribution is 6.30. The number of benzene rings is 2. The Morgan fingerprint density at radius 2 is 1.46 bits per heavy atom. The van der Waals surface area contributed by atoms with Crippen LogP contribution < -0.4 is 10.7 Å². The van der Waals surface area contributed by atoms with Crippen LogP contribution in [-0.2, 0) is 0 Å². The average molecular weight is 413 g/mol. The summed E-state index contributed by atoms with van der Waals surface area (Å²) in [6.45, 7) is 4.92. The van der Waals surface area contributed by atoms with Gasteiger partial charge < -0.3 is 5.32 Å². The van der Waals surface area contributed by atoms with Crippen LogP contribution in [0.1, 0.15) is 25.0 Å². The fourth-order valence-corrected chi connectivity index (χ4v) is 2.76. The first-order valence-electron chi connectivity index (χ1n) is 8.94. The number of aliphatic imine (C=N–C) groups is 1. The van der Waals surface area contributed by atoms with Crippen molar-refractivity contribution in [3.05, 3.63) is 81.9 Å². The molecule has 0 bridgehead atoms. The summed E-state index contributed by atoms with van der Waals surface area (Å²) in [5, 5.41) is 9.12. The smallest absolute Gasteiger partial charge is 0.212 e. The van der Waals surface area contributed by atoms with Crippen molar-refractivity contribution in [2.24, 2.45) is 10.1 Å². The number of nitrogens with one attached hydrogen (secondary N) is 2. The topological polar surface area (TPSA) is 48.8 Å². The minimum atomic E-state index is -0.129. The molecule has 0 fully saturated rings. The number of nitrogens with zero attached hydrogens (tertiary/aromatic N) is 2. The number of halogens is 2. The lowest BCUT2D eigenvalue weighted by molar-refractivity contribution is 0.549. The predicted molar refractivity (Wildman–Crippen MR) is 121 cm³/mol. The number of hydrazone groups is 1. The second-order valence-electron chi connectivity index (χ2n) is 7.04. The van der Waals surface area contributed by atoms with Crippen LogP contribution in [0.2, 0.25) is 10.0 Å². The standard InChI is InChI=1S/C22H22Cl2N4/c1-22(2)15-25-21(26-22)28-27-20(13-7-16-3-9-18(23)10-4-16)14-8-17-5-11-19(24)12-6-17/h3-14H,15H2,1-2H3,(H2,25,26,28). The average Bonchev–Trinajstić information content (AvgIpc) is 3.02. The lowest BCUT2D eigenvalue weighted by Crippen LogP contribution is -2.32. The fraction of sp³-hybridized carbons (Fsp3) is 0.182. The Morgan fingerprint density at radius 1 is 0.964 bits per heavy atom. The van der Waals surface area contributed by atoms with Crippen LogP contribution in [0.25, 0.3) is 12.2 Å². The Hall–Kier alpha value is -2.56. The largest absolute Gasteiger partial charge is 0.353 e. The van der Waals surface area contributed by atoms with Gasteiger partial charge in [0.05, 0.1) is 11.3 Å². The second-order valence-corrected chi connectivity index (χ2v) is 7.92. The van der Waals surface area contributed by atoms with Gasteiger partial charge in [0.15, 0.2) is 0 Å². The molecule has 0 spiro atoms. The maximum absolute atomic E-state index is 5.95. The van der Waals surface area contributed by atoms with Gasteiger partial charge in [-0.15, -0.1) is 0 Å². The van der Waals surface area contributed by atoms with Gasteiger partial charge in [-0.3, -0.25) is 0 Å². The van der Waals surface area contributed by atoms with Gasteiger partial charge in [0, 0.05) is 16.6 Å². The summed E-state index contributed by atoms with van der Waals surface area (Å²) in [7, 11) is 0. The summed E-state index contributed by atoms with van der Waals surface area (Å²) in [5.41, 5.74) is 5.70. The molecule has 6 heteroatoms. The molecular weight excluding hydrogens is 391 g/mol. The number of allylic oxidation sites excluding steroid dienone is 2. The van der Waals surface area contributed by atoms with Crippen LogP contribution in [0.5, 0.6) is 0 Å². The van der Waals surface area contributed by atoms with Gasteiger partial charge in [0.25, 0.3) is 0 Å². The normalized spacial score (nSPS) is 15.5. The molecular formula is C22H22Cl2N4. The molecule has 0 amide bonds. The predicted octanol–water partition coefficient (Wildman–Crippen LogP) is 5.40. The first kappa shape index (κ1) is 20.2. The van der Waals surface area contributed by atoms with E-state index in [1.165, 1.54) is 0 Å². The highest BCUT2D eigenvalue weighted by Crippen LogP contribution is 2.13. The van der Waals surface area contributed by atoms with Crippen LogP contribution in [0.15, 0.2) is 70.8 Å². The number of hydrogen-bond acceptors (Lipinski definition) is 4. The van der Waals surface area contributed by atoms with Gasteiger partial charge in [-0.05, 0) is 61.4 Å². The van der Waals surface area contributed by atoms with Crippen molar-refractivity contribution >= 4 is 47.0 Å². The summed E-state index contributed by atoms with van der Waals surface area (Å²) >= 11 is 11.9. The minimum absolute atomic E-state index is 0.129. The molecule has 2 aromatic rings. The van der Waals surface area contributed by atoms with E-state index >= 15 is 0 Å². The Bertz CT molecular complexity index is 867. The fourth-order valence-electron chi connectivity index (χ4n) is 2.50. The lowest BCUT2D eigenvalue weighted by Gasteiger charge is -2.09. The molecule has 0 aromatic heterocycles. The molecule has 144 valence electrons. The minimum Gasteiger partial charge on any atom is -0.353 e. The van der Waals surface area contributed by atoms with E-state index in [9.17, 15) is 0 Å². The zero-order valence-electron chi connectivity index (χ0n) is 15.8. The highest BCUT2D eigenvalue weighted by atomic mass is 35.5. The Balaban J connectivity index is 1.79. The van der Waals surface area contributed by atoms with Crippen molar-refractivity contribution in [1.29, 1.82) is 0 Å². The van der Waals surface area contributed by atoms with Crippen LogP contribution in [-0.4, -0.2) is 23.8 Å². The quantitative estimate of drug-likeness (QED) is 0.509. The number of hydrogen-bond donors (Lipinski definition) is 2. The molecule has 0 saturated carbocycles. The van der Waals surface area contributed by atoms with Crippen LogP contribution in [0.3, 0.4) is 0 Å². The second kappa shape index (κ2) is 9.09. The monoisotopic (exact) mass is 412 g/mol. The summed E-state index contributed by atoms with van der Waals surface area (Å²) in [5.74, 6) is 0.669. The summed E-state index contributed by atoms with van der Waals surface area (Å²) in [6.07, 6.45) is 7.83. The van der Waals surface area contributed by atoms with Crippen molar-refractivity contribution in [3.63, 3.8) is 0 Å². The van der Waals surface area contributed by atoms with Crippen molar-refractivity contribution in [2.45, 2.75) is 19.4 Å². The van der Waals surface area contributed by atoms with E-state index in [0.717, 1.165) is 23.4 Å². The summed E-state index contributed by atoms with van der Waals surface area (Å²) in [4.78, 5) is 4.56. The van der Waals surface area contributed by atoms with Gasteiger partial charge in [-0.25, -0.2) is 10.4 Å². The Labute approximate surface area is 175 Å².